The van der Waals surface area contributed by atoms with Gasteiger partial charge in [-0.3, -0.25) is 14.5 Å². The SMILES string of the molecule is C[C@@H]1CN(C[C@@H]2CCCN2C(=O)CCNC(=O)c2ccccc2)C[C@@H](C)O1. The first kappa shape index (κ1) is 19.8. The third-order valence-corrected chi connectivity index (χ3v) is 5.32. The molecule has 0 radical (unpaired) electrons. The van der Waals surface area contributed by atoms with Crippen molar-refractivity contribution in [1.29, 1.82) is 0 Å². The van der Waals surface area contributed by atoms with Gasteiger partial charge in [0.2, 0.25) is 5.91 Å². The molecule has 0 aliphatic carbocycles. The first-order valence-corrected chi connectivity index (χ1v) is 10.0. The maximum Gasteiger partial charge on any atom is 0.251 e. The molecule has 0 unspecified atom stereocenters. The van der Waals surface area contributed by atoms with E-state index in [4.69, 9.17) is 4.74 Å². The zero-order valence-electron chi connectivity index (χ0n) is 16.4. The summed E-state index contributed by atoms with van der Waals surface area (Å²) in [5.74, 6) is 0.0119. The lowest BCUT2D eigenvalue weighted by Crippen LogP contribution is -2.51. The van der Waals surface area contributed by atoms with E-state index < -0.39 is 0 Å². The molecule has 2 amide bonds. The predicted octanol–water partition coefficient (Wildman–Crippen LogP) is 1.91. The van der Waals surface area contributed by atoms with E-state index >= 15 is 0 Å². The molecule has 27 heavy (non-hydrogen) atoms. The first-order valence-electron chi connectivity index (χ1n) is 10.0. The van der Waals surface area contributed by atoms with E-state index in [9.17, 15) is 9.59 Å². The molecule has 3 atom stereocenters. The van der Waals surface area contributed by atoms with Crippen molar-refractivity contribution in [3.8, 4) is 0 Å². The molecule has 0 saturated carbocycles. The number of amides is 2. The van der Waals surface area contributed by atoms with Crippen LogP contribution < -0.4 is 5.32 Å². The number of ether oxygens (including phenoxy) is 1. The molecule has 2 saturated heterocycles. The molecular formula is C21H31N3O3. The number of hydrogen-bond acceptors (Lipinski definition) is 4. The Kier molecular flexibility index (Phi) is 6.85. The van der Waals surface area contributed by atoms with E-state index in [1.54, 1.807) is 12.1 Å². The van der Waals surface area contributed by atoms with Gasteiger partial charge in [-0.1, -0.05) is 18.2 Å². The molecule has 2 aliphatic rings. The monoisotopic (exact) mass is 373 g/mol. The van der Waals surface area contributed by atoms with Gasteiger partial charge in [0, 0.05) is 50.7 Å². The molecule has 1 aromatic carbocycles. The second kappa shape index (κ2) is 9.33. The zero-order chi connectivity index (χ0) is 19.2. The van der Waals surface area contributed by atoms with Gasteiger partial charge in [-0.2, -0.15) is 0 Å². The first-order chi connectivity index (χ1) is 13.0. The number of morpholine rings is 1. The van der Waals surface area contributed by atoms with Crippen molar-refractivity contribution in [2.75, 3.05) is 32.7 Å². The largest absolute Gasteiger partial charge is 0.373 e. The van der Waals surface area contributed by atoms with Crippen molar-refractivity contribution in [2.45, 2.75) is 51.4 Å². The van der Waals surface area contributed by atoms with Crippen LogP contribution in [0.1, 0.15) is 43.5 Å². The van der Waals surface area contributed by atoms with Crippen LogP contribution in [0, 0.1) is 0 Å². The summed E-state index contributed by atoms with van der Waals surface area (Å²) in [6.07, 6.45) is 2.95. The maximum atomic E-state index is 12.7. The Morgan fingerprint density at radius 3 is 2.56 bits per heavy atom. The summed E-state index contributed by atoms with van der Waals surface area (Å²) < 4.78 is 5.80. The van der Waals surface area contributed by atoms with Crippen LogP contribution in [0.2, 0.25) is 0 Å². The number of nitrogens with zero attached hydrogens (tertiary/aromatic N) is 2. The van der Waals surface area contributed by atoms with E-state index in [-0.39, 0.29) is 30.1 Å². The molecule has 2 fully saturated rings. The van der Waals surface area contributed by atoms with E-state index in [0.29, 0.717) is 18.5 Å². The summed E-state index contributed by atoms with van der Waals surface area (Å²) in [6, 6.07) is 9.38. The molecule has 6 nitrogen and oxygen atoms in total. The molecule has 0 aromatic heterocycles. The molecule has 148 valence electrons. The highest BCUT2D eigenvalue weighted by Gasteiger charge is 2.32. The van der Waals surface area contributed by atoms with Crippen molar-refractivity contribution in [2.24, 2.45) is 0 Å². The van der Waals surface area contributed by atoms with Gasteiger partial charge in [0.15, 0.2) is 0 Å². The highest BCUT2D eigenvalue weighted by atomic mass is 16.5. The van der Waals surface area contributed by atoms with Crippen LogP contribution in [0.25, 0.3) is 0 Å². The highest BCUT2D eigenvalue weighted by molar-refractivity contribution is 5.94. The fourth-order valence-electron chi connectivity index (χ4n) is 4.20. The Morgan fingerprint density at radius 2 is 1.85 bits per heavy atom. The van der Waals surface area contributed by atoms with Crippen LogP contribution in [0.5, 0.6) is 0 Å². The number of benzene rings is 1. The molecular weight excluding hydrogens is 342 g/mol. The van der Waals surface area contributed by atoms with Crippen molar-refractivity contribution >= 4 is 11.8 Å². The minimum absolute atomic E-state index is 0.127. The number of carbonyl (C=O) groups excluding carboxylic acids is 2. The van der Waals surface area contributed by atoms with Gasteiger partial charge in [-0.25, -0.2) is 0 Å². The summed E-state index contributed by atoms with van der Waals surface area (Å²) in [5, 5.41) is 2.85. The molecule has 3 rings (SSSR count). The van der Waals surface area contributed by atoms with Gasteiger partial charge in [0.25, 0.3) is 5.91 Å². The molecule has 6 heteroatoms. The standard InChI is InChI=1S/C21H31N3O3/c1-16-13-23(14-17(2)27-16)15-19-9-6-12-24(19)20(25)10-11-22-21(26)18-7-4-3-5-8-18/h3-5,7-8,16-17,19H,6,9-15H2,1-2H3,(H,22,26)/t16-,17-,19+/m1/s1. The summed E-state index contributed by atoms with van der Waals surface area (Å²) in [6.45, 7) is 8.18. The number of likely N-dealkylation sites (tertiary alicyclic amines) is 1. The second-order valence-electron chi connectivity index (χ2n) is 7.73. The molecule has 0 spiro atoms. The van der Waals surface area contributed by atoms with Crippen molar-refractivity contribution < 1.29 is 14.3 Å². The number of carbonyl (C=O) groups is 2. The van der Waals surface area contributed by atoms with Gasteiger partial charge in [-0.05, 0) is 38.8 Å². The molecule has 2 aliphatic heterocycles. The van der Waals surface area contributed by atoms with Crippen LogP contribution in [0.4, 0.5) is 0 Å². The average molecular weight is 373 g/mol. The van der Waals surface area contributed by atoms with E-state index in [2.05, 4.69) is 24.1 Å². The number of rotatable bonds is 6. The Balaban J connectivity index is 1.45. The van der Waals surface area contributed by atoms with Crippen LogP contribution in [-0.4, -0.2) is 72.6 Å². The van der Waals surface area contributed by atoms with Gasteiger partial charge >= 0.3 is 0 Å². The maximum absolute atomic E-state index is 12.7. The molecule has 1 N–H and O–H groups in total. The van der Waals surface area contributed by atoms with Gasteiger partial charge in [0.1, 0.15) is 0 Å². The minimum atomic E-state index is -0.127. The average Bonchev–Trinajstić information content (AvgIpc) is 3.09. The lowest BCUT2D eigenvalue weighted by Gasteiger charge is -2.38. The summed E-state index contributed by atoms with van der Waals surface area (Å²) in [7, 11) is 0. The number of hydrogen-bond donors (Lipinski definition) is 1. The van der Waals surface area contributed by atoms with Gasteiger partial charge < -0.3 is 15.0 Å². The molecule has 1 aromatic rings. The van der Waals surface area contributed by atoms with Gasteiger partial charge in [0.05, 0.1) is 12.2 Å². The van der Waals surface area contributed by atoms with Crippen molar-refractivity contribution in [3.63, 3.8) is 0 Å². The second-order valence-corrected chi connectivity index (χ2v) is 7.73. The normalized spacial score (nSPS) is 26.1. The molecule has 2 heterocycles. The van der Waals surface area contributed by atoms with E-state index in [1.807, 2.05) is 23.1 Å². The Bertz CT molecular complexity index is 627. The fourth-order valence-corrected chi connectivity index (χ4v) is 4.20. The minimum Gasteiger partial charge on any atom is -0.373 e. The topological polar surface area (TPSA) is 61.9 Å². The summed E-state index contributed by atoms with van der Waals surface area (Å²) in [4.78, 5) is 29.2. The summed E-state index contributed by atoms with van der Waals surface area (Å²) in [5.41, 5.74) is 0.625. The van der Waals surface area contributed by atoms with Crippen LogP contribution in [0.3, 0.4) is 0 Å². The van der Waals surface area contributed by atoms with E-state index in [0.717, 1.165) is 39.0 Å². The molecule has 0 bridgehead atoms. The van der Waals surface area contributed by atoms with Gasteiger partial charge in [-0.15, -0.1) is 0 Å². The van der Waals surface area contributed by atoms with Crippen molar-refractivity contribution in [3.05, 3.63) is 35.9 Å². The Labute approximate surface area is 161 Å². The number of nitrogens with one attached hydrogen (secondary N) is 1. The predicted molar refractivity (Wildman–Crippen MR) is 105 cm³/mol. The zero-order valence-corrected chi connectivity index (χ0v) is 16.4. The smallest absolute Gasteiger partial charge is 0.251 e. The van der Waals surface area contributed by atoms with Crippen molar-refractivity contribution in [1.82, 2.24) is 15.1 Å². The van der Waals surface area contributed by atoms with Crippen LogP contribution in [-0.2, 0) is 9.53 Å². The summed E-state index contributed by atoms with van der Waals surface area (Å²) >= 11 is 0. The lowest BCUT2D eigenvalue weighted by molar-refractivity contribution is -0.132. The third-order valence-electron chi connectivity index (χ3n) is 5.32. The fraction of sp³-hybridized carbons (Fsp3) is 0.619. The highest BCUT2D eigenvalue weighted by Crippen LogP contribution is 2.21. The Hall–Kier alpha value is -1.92. The van der Waals surface area contributed by atoms with E-state index in [1.165, 1.54) is 0 Å². The Morgan fingerprint density at radius 1 is 1.15 bits per heavy atom. The van der Waals surface area contributed by atoms with Crippen LogP contribution >= 0.6 is 0 Å². The third kappa shape index (κ3) is 5.53. The lowest BCUT2D eigenvalue weighted by atomic mass is 10.1. The quantitative estimate of drug-likeness (QED) is 0.827. The van der Waals surface area contributed by atoms with Crippen LogP contribution in [0.15, 0.2) is 30.3 Å².